The average molecular weight is 494 g/mol. The summed E-state index contributed by atoms with van der Waals surface area (Å²) >= 11 is 0. The van der Waals surface area contributed by atoms with Crippen LogP contribution in [0.1, 0.15) is 38.9 Å². The van der Waals surface area contributed by atoms with Crippen molar-refractivity contribution in [2.45, 2.75) is 32.7 Å². The fourth-order valence-electron chi connectivity index (χ4n) is 3.82. The molecule has 2 aromatic carbocycles. The van der Waals surface area contributed by atoms with E-state index < -0.39 is 28.9 Å². The number of hydrogen-bond acceptors (Lipinski definition) is 4. The Morgan fingerprint density at radius 1 is 1.14 bits per heavy atom. The second kappa shape index (κ2) is 10.6. The molecule has 0 bridgehead atoms. The van der Waals surface area contributed by atoms with Crippen molar-refractivity contribution in [3.63, 3.8) is 0 Å². The van der Waals surface area contributed by atoms with Crippen LogP contribution in [0.4, 0.5) is 8.78 Å². The standard InChI is InChI=1S/C27H25F2N3O4/c1-17-7-6-12-32-15-21(26(34)30-14-19-10-11-20(28)13-22(19)29)24(33)25(23(32)27(35)31(17)2)36-16-18-8-4-3-5-9-18/h3-11,13,15,17H,12,14,16H2,1-2H3,(H,30,34)/b7-6-. The largest absolute Gasteiger partial charge is 0.483 e. The first-order valence-corrected chi connectivity index (χ1v) is 11.4. The number of nitrogens with zero attached hydrogens (tertiary/aromatic N) is 2. The van der Waals surface area contributed by atoms with Crippen LogP contribution in [-0.4, -0.2) is 34.4 Å². The molecule has 1 N–H and O–H groups in total. The molecular weight excluding hydrogens is 468 g/mol. The summed E-state index contributed by atoms with van der Waals surface area (Å²) in [6.45, 7) is 1.83. The van der Waals surface area contributed by atoms with E-state index in [-0.39, 0.29) is 48.3 Å². The van der Waals surface area contributed by atoms with Crippen LogP contribution in [-0.2, 0) is 19.7 Å². The van der Waals surface area contributed by atoms with E-state index in [1.807, 2.05) is 49.4 Å². The van der Waals surface area contributed by atoms with E-state index in [9.17, 15) is 23.2 Å². The lowest BCUT2D eigenvalue weighted by molar-refractivity contribution is 0.0747. The lowest BCUT2D eigenvalue weighted by Crippen LogP contribution is -2.39. The predicted octanol–water partition coefficient (Wildman–Crippen LogP) is 3.67. The van der Waals surface area contributed by atoms with Crippen molar-refractivity contribution < 1.29 is 23.1 Å². The van der Waals surface area contributed by atoms with Crippen LogP contribution < -0.4 is 15.5 Å². The highest BCUT2D eigenvalue weighted by Gasteiger charge is 2.29. The third-order valence-corrected chi connectivity index (χ3v) is 6.01. The SMILES string of the molecule is CC1/C=C\Cn2cc(C(=O)NCc3ccc(F)cc3F)c(=O)c(OCc3ccccc3)c2C(=O)N1C. The number of ether oxygens (including phenoxy) is 1. The van der Waals surface area contributed by atoms with Crippen LogP contribution in [0.15, 0.2) is 71.7 Å². The average Bonchev–Trinajstić information content (AvgIpc) is 2.86. The number of nitrogens with one attached hydrogen (secondary N) is 1. The third-order valence-electron chi connectivity index (χ3n) is 6.01. The summed E-state index contributed by atoms with van der Waals surface area (Å²) in [6.07, 6.45) is 4.98. The highest BCUT2D eigenvalue weighted by atomic mass is 19.1. The molecule has 0 saturated heterocycles. The number of halogens is 2. The van der Waals surface area contributed by atoms with Gasteiger partial charge in [-0.25, -0.2) is 8.78 Å². The van der Waals surface area contributed by atoms with Gasteiger partial charge in [-0.15, -0.1) is 0 Å². The minimum absolute atomic E-state index is 0.0112. The summed E-state index contributed by atoms with van der Waals surface area (Å²) in [5.74, 6) is -2.99. The summed E-state index contributed by atoms with van der Waals surface area (Å²) in [4.78, 5) is 41.2. The van der Waals surface area contributed by atoms with Gasteiger partial charge in [-0.2, -0.15) is 0 Å². The van der Waals surface area contributed by atoms with E-state index in [1.54, 1.807) is 7.05 Å². The molecule has 186 valence electrons. The second-order valence-corrected chi connectivity index (χ2v) is 8.48. The van der Waals surface area contributed by atoms with Crippen molar-refractivity contribution in [1.29, 1.82) is 0 Å². The van der Waals surface area contributed by atoms with Gasteiger partial charge in [-0.1, -0.05) is 48.6 Å². The fraction of sp³-hybridized carbons (Fsp3) is 0.222. The van der Waals surface area contributed by atoms with Crippen molar-refractivity contribution in [3.05, 3.63) is 111 Å². The molecule has 4 rings (SSSR count). The summed E-state index contributed by atoms with van der Waals surface area (Å²) in [6, 6.07) is 11.9. The number of rotatable bonds is 6. The molecular formula is C27H25F2N3O4. The number of fused-ring (bicyclic) bond motifs is 1. The van der Waals surface area contributed by atoms with Crippen LogP contribution >= 0.6 is 0 Å². The number of pyridine rings is 1. The molecule has 0 spiro atoms. The zero-order valence-electron chi connectivity index (χ0n) is 19.8. The predicted molar refractivity (Wildman–Crippen MR) is 130 cm³/mol. The number of carbonyl (C=O) groups excluding carboxylic acids is 2. The number of allylic oxidation sites excluding steroid dienone is 1. The molecule has 2 heterocycles. The molecule has 7 nitrogen and oxygen atoms in total. The Labute approximate surface area is 206 Å². The van der Waals surface area contributed by atoms with Gasteiger partial charge in [-0.05, 0) is 18.6 Å². The highest BCUT2D eigenvalue weighted by Crippen LogP contribution is 2.22. The molecule has 1 aliphatic heterocycles. The molecule has 36 heavy (non-hydrogen) atoms. The summed E-state index contributed by atoms with van der Waals surface area (Å²) in [5.41, 5.74) is -0.145. The van der Waals surface area contributed by atoms with Gasteiger partial charge in [-0.3, -0.25) is 14.4 Å². The van der Waals surface area contributed by atoms with Gasteiger partial charge in [0.25, 0.3) is 11.8 Å². The highest BCUT2D eigenvalue weighted by molar-refractivity contribution is 5.99. The van der Waals surface area contributed by atoms with Crippen LogP contribution in [0, 0.1) is 11.6 Å². The van der Waals surface area contributed by atoms with Gasteiger partial charge >= 0.3 is 0 Å². The Kier molecular flexibility index (Phi) is 7.28. The zero-order chi connectivity index (χ0) is 25.8. The molecule has 0 fully saturated rings. The van der Waals surface area contributed by atoms with Gasteiger partial charge in [0.1, 0.15) is 23.8 Å². The number of carbonyl (C=O) groups is 2. The molecule has 1 aliphatic rings. The maximum atomic E-state index is 14.0. The van der Waals surface area contributed by atoms with Gasteiger partial charge in [0.2, 0.25) is 5.43 Å². The molecule has 0 saturated carbocycles. The van der Waals surface area contributed by atoms with Crippen LogP contribution in [0.3, 0.4) is 0 Å². The van der Waals surface area contributed by atoms with Crippen LogP contribution in [0.2, 0.25) is 0 Å². The number of likely N-dealkylation sites (N-methyl/N-ethyl adjacent to an activating group) is 1. The molecule has 1 unspecified atom stereocenters. The van der Waals surface area contributed by atoms with Gasteiger partial charge in [0.15, 0.2) is 11.4 Å². The third kappa shape index (κ3) is 5.19. The van der Waals surface area contributed by atoms with Gasteiger partial charge in [0.05, 0.1) is 0 Å². The van der Waals surface area contributed by atoms with Crippen molar-refractivity contribution in [1.82, 2.24) is 14.8 Å². The van der Waals surface area contributed by atoms with Crippen molar-refractivity contribution in [2.75, 3.05) is 7.05 Å². The van der Waals surface area contributed by atoms with Crippen LogP contribution in [0.25, 0.3) is 0 Å². The Bertz CT molecular complexity index is 1390. The smallest absolute Gasteiger partial charge is 0.274 e. The zero-order valence-corrected chi connectivity index (χ0v) is 19.8. The number of amides is 2. The molecule has 0 radical (unpaired) electrons. The first kappa shape index (κ1) is 24.8. The minimum Gasteiger partial charge on any atom is -0.483 e. The second-order valence-electron chi connectivity index (χ2n) is 8.48. The number of benzene rings is 2. The molecule has 3 aromatic rings. The van der Waals surface area contributed by atoms with Crippen molar-refractivity contribution in [2.24, 2.45) is 0 Å². The van der Waals surface area contributed by atoms with E-state index in [0.29, 0.717) is 6.07 Å². The normalized spacial score (nSPS) is 16.1. The van der Waals surface area contributed by atoms with Gasteiger partial charge in [0, 0.05) is 44.0 Å². The van der Waals surface area contributed by atoms with E-state index >= 15 is 0 Å². The summed E-state index contributed by atoms with van der Waals surface area (Å²) in [7, 11) is 1.62. The lowest BCUT2D eigenvalue weighted by Gasteiger charge is -2.27. The van der Waals surface area contributed by atoms with Crippen molar-refractivity contribution in [3.8, 4) is 5.75 Å². The van der Waals surface area contributed by atoms with Crippen LogP contribution in [0.5, 0.6) is 5.75 Å². The van der Waals surface area contributed by atoms with E-state index in [1.165, 1.54) is 21.7 Å². The first-order valence-electron chi connectivity index (χ1n) is 11.4. The molecule has 0 aliphatic carbocycles. The Morgan fingerprint density at radius 2 is 1.89 bits per heavy atom. The van der Waals surface area contributed by atoms with Crippen molar-refractivity contribution >= 4 is 11.8 Å². The Morgan fingerprint density at radius 3 is 2.61 bits per heavy atom. The fourth-order valence-corrected chi connectivity index (χ4v) is 3.82. The monoisotopic (exact) mass is 493 g/mol. The molecule has 1 atom stereocenters. The first-order chi connectivity index (χ1) is 17.3. The molecule has 2 amide bonds. The lowest BCUT2D eigenvalue weighted by atomic mass is 10.1. The number of aromatic nitrogens is 1. The molecule has 1 aromatic heterocycles. The quantitative estimate of drug-likeness (QED) is 0.532. The van der Waals surface area contributed by atoms with E-state index in [4.69, 9.17) is 4.74 Å². The van der Waals surface area contributed by atoms with E-state index in [2.05, 4.69) is 5.32 Å². The minimum atomic E-state index is -0.815. The maximum absolute atomic E-state index is 14.0. The maximum Gasteiger partial charge on any atom is 0.274 e. The molecule has 9 heteroatoms. The summed E-state index contributed by atoms with van der Waals surface area (Å²) < 4.78 is 34.6. The Hall–Kier alpha value is -4.27. The number of hydrogen-bond donors (Lipinski definition) is 1. The summed E-state index contributed by atoms with van der Waals surface area (Å²) in [5, 5.41) is 2.50. The topological polar surface area (TPSA) is 80.6 Å². The van der Waals surface area contributed by atoms with E-state index in [0.717, 1.165) is 11.6 Å². The Balaban J connectivity index is 1.72. The van der Waals surface area contributed by atoms with Gasteiger partial charge < -0.3 is 19.5 Å².